The molecule has 1 rings (SSSR count). The van der Waals surface area contributed by atoms with E-state index >= 15 is 0 Å². The van der Waals surface area contributed by atoms with E-state index in [9.17, 15) is 0 Å². The van der Waals surface area contributed by atoms with Crippen LogP contribution in [0.1, 0.15) is 44.8 Å². The fraction of sp³-hybridized carbons (Fsp3) is 0.545. The Morgan fingerprint density at radius 1 is 1.43 bits per heavy atom. The lowest BCUT2D eigenvalue weighted by Gasteiger charge is -2.18. The molecule has 0 N–H and O–H groups in total. The number of aromatic nitrogens is 2. The summed E-state index contributed by atoms with van der Waals surface area (Å²) in [5.74, 6) is 0. The maximum atomic E-state index is 8.95. The van der Waals surface area contributed by atoms with Gasteiger partial charge in [0.05, 0.1) is 11.4 Å². The van der Waals surface area contributed by atoms with Crippen LogP contribution in [0, 0.1) is 11.3 Å². The Hall–Kier alpha value is -1.43. The smallest absolute Gasteiger partial charge is 0.162 e. The molecule has 14 heavy (non-hydrogen) atoms. The van der Waals surface area contributed by atoms with E-state index in [1.807, 2.05) is 27.7 Å². The van der Waals surface area contributed by atoms with Gasteiger partial charge in [0.25, 0.3) is 0 Å². The van der Waals surface area contributed by atoms with Crippen LogP contribution in [0.3, 0.4) is 0 Å². The third kappa shape index (κ3) is 2.08. The second-order valence-electron chi connectivity index (χ2n) is 4.27. The van der Waals surface area contributed by atoms with Gasteiger partial charge >= 0.3 is 0 Å². The number of nitriles is 1. The molecule has 0 atom stereocenters. The first-order valence-corrected chi connectivity index (χ1v) is 4.75. The molecule has 0 aliphatic carbocycles. The first-order valence-electron chi connectivity index (χ1n) is 4.75. The highest BCUT2D eigenvalue weighted by Gasteiger charge is 2.20. The highest BCUT2D eigenvalue weighted by atomic mass is 14.8. The molecule has 0 aliphatic heterocycles. The zero-order valence-corrected chi connectivity index (χ0v) is 9.13. The van der Waals surface area contributed by atoms with E-state index in [-0.39, 0.29) is 5.41 Å². The summed E-state index contributed by atoms with van der Waals surface area (Å²) in [5.41, 5.74) is 1.98. The van der Waals surface area contributed by atoms with E-state index in [4.69, 9.17) is 5.26 Å². The number of aryl methyl sites for hydroxylation is 1. The molecule has 0 saturated carbocycles. The lowest BCUT2D eigenvalue weighted by Crippen LogP contribution is -2.17. The highest BCUT2D eigenvalue weighted by molar-refractivity contribution is 5.31. The number of rotatable bonds is 1. The Labute approximate surface area is 84.8 Å². The Kier molecular flexibility index (Phi) is 2.85. The molecule has 0 aromatic carbocycles. The van der Waals surface area contributed by atoms with E-state index < -0.39 is 0 Å². The summed E-state index contributed by atoms with van der Waals surface area (Å²) in [5, 5.41) is 8.95. The predicted molar refractivity (Wildman–Crippen MR) is 54.8 cm³/mol. The molecule has 0 spiro atoms. The van der Waals surface area contributed by atoms with Crippen molar-refractivity contribution < 1.29 is 0 Å². The van der Waals surface area contributed by atoms with E-state index in [2.05, 4.69) is 16.0 Å². The van der Waals surface area contributed by atoms with Crippen LogP contribution in [0.5, 0.6) is 0 Å². The normalized spacial score (nSPS) is 11.1. The van der Waals surface area contributed by atoms with Crippen LogP contribution in [0.15, 0.2) is 6.20 Å². The van der Waals surface area contributed by atoms with Crippen LogP contribution in [-0.4, -0.2) is 9.97 Å². The summed E-state index contributed by atoms with van der Waals surface area (Å²) in [6.07, 6.45) is 2.56. The van der Waals surface area contributed by atoms with Gasteiger partial charge in [0.2, 0.25) is 0 Å². The molecule has 1 heterocycles. The quantitative estimate of drug-likeness (QED) is 0.680. The predicted octanol–water partition coefficient (Wildman–Crippen LogP) is 2.21. The summed E-state index contributed by atoms with van der Waals surface area (Å²) in [6.45, 7) is 8.10. The van der Waals surface area contributed by atoms with E-state index in [1.165, 1.54) is 0 Å². The monoisotopic (exact) mass is 189 g/mol. The fourth-order valence-electron chi connectivity index (χ4n) is 1.22. The number of hydrogen-bond donors (Lipinski definition) is 0. The van der Waals surface area contributed by atoms with Gasteiger partial charge in [0.1, 0.15) is 6.07 Å². The van der Waals surface area contributed by atoms with Crippen molar-refractivity contribution in [3.05, 3.63) is 23.3 Å². The van der Waals surface area contributed by atoms with E-state index in [0.717, 1.165) is 17.8 Å². The fourth-order valence-corrected chi connectivity index (χ4v) is 1.22. The van der Waals surface area contributed by atoms with Crippen molar-refractivity contribution in [3.8, 4) is 6.07 Å². The first kappa shape index (κ1) is 10.6. The van der Waals surface area contributed by atoms with Crippen molar-refractivity contribution >= 4 is 0 Å². The van der Waals surface area contributed by atoms with Crippen LogP contribution < -0.4 is 0 Å². The van der Waals surface area contributed by atoms with E-state index in [1.54, 1.807) is 6.20 Å². The third-order valence-electron chi connectivity index (χ3n) is 2.00. The standard InChI is InChI=1S/C11H15N3/c1-5-8-7-13-10(11(2,3)4)9(6-12)14-8/h7H,5H2,1-4H3. The molecule has 0 unspecified atom stereocenters. The summed E-state index contributed by atoms with van der Waals surface area (Å²) >= 11 is 0. The van der Waals surface area contributed by atoms with Gasteiger partial charge in [0, 0.05) is 11.6 Å². The largest absolute Gasteiger partial charge is 0.256 e. The lowest BCUT2D eigenvalue weighted by molar-refractivity contribution is 0.561. The molecule has 1 aromatic rings. The summed E-state index contributed by atoms with van der Waals surface area (Å²) in [7, 11) is 0. The van der Waals surface area contributed by atoms with Gasteiger partial charge in [-0.05, 0) is 6.42 Å². The molecule has 0 bridgehead atoms. The van der Waals surface area contributed by atoms with Crippen LogP contribution >= 0.6 is 0 Å². The van der Waals surface area contributed by atoms with Gasteiger partial charge in [-0.2, -0.15) is 5.26 Å². The Morgan fingerprint density at radius 3 is 2.50 bits per heavy atom. The van der Waals surface area contributed by atoms with Crippen molar-refractivity contribution in [1.82, 2.24) is 9.97 Å². The summed E-state index contributed by atoms with van der Waals surface area (Å²) in [6, 6.07) is 2.10. The van der Waals surface area contributed by atoms with Gasteiger partial charge in [0.15, 0.2) is 5.69 Å². The van der Waals surface area contributed by atoms with Crippen molar-refractivity contribution in [3.63, 3.8) is 0 Å². The Morgan fingerprint density at radius 2 is 2.07 bits per heavy atom. The number of hydrogen-bond acceptors (Lipinski definition) is 3. The van der Waals surface area contributed by atoms with Gasteiger partial charge in [-0.25, -0.2) is 4.98 Å². The van der Waals surface area contributed by atoms with Crippen LogP contribution in [-0.2, 0) is 11.8 Å². The molecule has 0 fully saturated rings. The Balaban J connectivity index is 3.28. The minimum absolute atomic E-state index is 0.121. The van der Waals surface area contributed by atoms with Gasteiger partial charge in [-0.1, -0.05) is 27.7 Å². The molecule has 74 valence electrons. The summed E-state index contributed by atoms with van der Waals surface area (Å²) < 4.78 is 0. The molecule has 1 aromatic heterocycles. The molecule has 0 saturated heterocycles. The zero-order valence-electron chi connectivity index (χ0n) is 9.13. The molecular formula is C11H15N3. The average Bonchev–Trinajstić information content (AvgIpc) is 2.15. The second-order valence-corrected chi connectivity index (χ2v) is 4.27. The molecular weight excluding hydrogens is 174 g/mol. The highest BCUT2D eigenvalue weighted by Crippen LogP contribution is 2.22. The van der Waals surface area contributed by atoms with Crippen LogP contribution in [0.4, 0.5) is 0 Å². The number of nitrogens with zero attached hydrogens (tertiary/aromatic N) is 3. The molecule has 0 amide bonds. The maximum Gasteiger partial charge on any atom is 0.162 e. The molecule has 3 nitrogen and oxygen atoms in total. The topological polar surface area (TPSA) is 49.6 Å². The molecule has 0 aliphatic rings. The van der Waals surface area contributed by atoms with Crippen LogP contribution in [0.25, 0.3) is 0 Å². The van der Waals surface area contributed by atoms with Gasteiger partial charge in [-0.15, -0.1) is 0 Å². The first-order chi connectivity index (χ1) is 6.49. The second kappa shape index (κ2) is 3.75. The van der Waals surface area contributed by atoms with Crippen molar-refractivity contribution in [2.75, 3.05) is 0 Å². The third-order valence-corrected chi connectivity index (χ3v) is 2.00. The maximum absolute atomic E-state index is 8.95. The SMILES string of the molecule is CCc1cnc(C(C)(C)C)c(C#N)n1. The van der Waals surface area contributed by atoms with E-state index in [0.29, 0.717) is 5.69 Å². The Bertz CT molecular complexity index is 369. The van der Waals surface area contributed by atoms with Crippen molar-refractivity contribution in [1.29, 1.82) is 5.26 Å². The van der Waals surface area contributed by atoms with Gasteiger partial charge < -0.3 is 0 Å². The van der Waals surface area contributed by atoms with Gasteiger partial charge in [-0.3, -0.25) is 4.98 Å². The van der Waals surface area contributed by atoms with Crippen molar-refractivity contribution in [2.45, 2.75) is 39.5 Å². The average molecular weight is 189 g/mol. The minimum Gasteiger partial charge on any atom is -0.256 e. The zero-order chi connectivity index (χ0) is 10.8. The summed E-state index contributed by atoms with van der Waals surface area (Å²) in [4.78, 5) is 8.56. The molecule has 3 heteroatoms. The van der Waals surface area contributed by atoms with Crippen LogP contribution in [0.2, 0.25) is 0 Å². The molecule has 0 radical (unpaired) electrons. The van der Waals surface area contributed by atoms with Crippen molar-refractivity contribution in [2.24, 2.45) is 0 Å². The minimum atomic E-state index is -0.121. The lowest BCUT2D eigenvalue weighted by atomic mass is 9.90.